The first-order valence-electron chi connectivity index (χ1n) is 6.20. The highest BCUT2D eigenvalue weighted by Gasteiger charge is 2.18. The second-order valence-corrected chi connectivity index (χ2v) is 5.76. The average molecular weight is 295 g/mol. The van der Waals surface area contributed by atoms with Crippen molar-refractivity contribution in [2.75, 3.05) is 41.7 Å². The van der Waals surface area contributed by atoms with Crippen molar-refractivity contribution in [2.24, 2.45) is 0 Å². The maximum Gasteiger partial charge on any atom is 0.139 e. The van der Waals surface area contributed by atoms with E-state index >= 15 is 0 Å². The summed E-state index contributed by atoms with van der Waals surface area (Å²) in [6.07, 6.45) is 0. The molecule has 0 spiro atoms. The molecule has 2 aromatic rings. The van der Waals surface area contributed by atoms with E-state index in [1.54, 1.807) is 0 Å². The molecule has 2 heterocycles. The van der Waals surface area contributed by atoms with Gasteiger partial charge in [0.15, 0.2) is 0 Å². The van der Waals surface area contributed by atoms with Crippen LogP contribution in [0.15, 0.2) is 30.3 Å². The normalized spacial score (nSPS) is 15.8. The zero-order valence-electron chi connectivity index (χ0n) is 10.4. The summed E-state index contributed by atoms with van der Waals surface area (Å²) >= 11 is 7.38. The molecule has 1 aliphatic heterocycles. The summed E-state index contributed by atoms with van der Waals surface area (Å²) in [5, 5.41) is 1.94. The monoisotopic (exact) mass is 294 g/mol. The number of nitrogen functional groups attached to an aromatic ring is 1. The van der Waals surface area contributed by atoms with Gasteiger partial charge in [-0.25, -0.2) is 0 Å². The first-order chi connectivity index (χ1) is 9.22. The number of halogens is 1. The van der Waals surface area contributed by atoms with E-state index in [-0.39, 0.29) is 0 Å². The van der Waals surface area contributed by atoms with Gasteiger partial charge < -0.3 is 15.5 Å². The van der Waals surface area contributed by atoms with Gasteiger partial charge in [-0.15, -0.1) is 0 Å². The second-order valence-electron chi connectivity index (χ2n) is 4.54. The molecule has 6 heteroatoms. The van der Waals surface area contributed by atoms with Gasteiger partial charge in [0.25, 0.3) is 0 Å². The first-order valence-corrected chi connectivity index (χ1v) is 7.35. The van der Waals surface area contributed by atoms with Gasteiger partial charge in [0.2, 0.25) is 0 Å². The van der Waals surface area contributed by atoms with Crippen LogP contribution in [0.3, 0.4) is 0 Å². The van der Waals surface area contributed by atoms with Crippen molar-refractivity contribution < 1.29 is 0 Å². The zero-order valence-corrected chi connectivity index (χ0v) is 12.0. The van der Waals surface area contributed by atoms with E-state index in [9.17, 15) is 0 Å². The van der Waals surface area contributed by atoms with Crippen LogP contribution in [0.25, 0.3) is 0 Å². The third kappa shape index (κ3) is 2.77. The van der Waals surface area contributed by atoms with Gasteiger partial charge in [-0.2, -0.15) is 4.37 Å². The predicted molar refractivity (Wildman–Crippen MR) is 82.4 cm³/mol. The molecule has 0 amide bonds. The van der Waals surface area contributed by atoms with E-state index in [1.165, 1.54) is 17.2 Å². The minimum Gasteiger partial charge on any atom is -0.383 e. The summed E-state index contributed by atoms with van der Waals surface area (Å²) in [6, 6.07) is 9.97. The number of anilines is 3. The van der Waals surface area contributed by atoms with E-state index in [0.29, 0.717) is 5.82 Å². The topological polar surface area (TPSA) is 45.4 Å². The van der Waals surface area contributed by atoms with Crippen LogP contribution in [0.5, 0.6) is 0 Å². The molecule has 2 N–H and O–H groups in total. The quantitative estimate of drug-likeness (QED) is 0.925. The molecule has 0 saturated carbocycles. The molecular formula is C13H15ClN4S. The van der Waals surface area contributed by atoms with Crippen LogP contribution in [0.1, 0.15) is 0 Å². The minimum atomic E-state index is 0.611. The molecule has 100 valence electrons. The number of piperazine rings is 1. The van der Waals surface area contributed by atoms with E-state index in [4.69, 9.17) is 17.3 Å². The Hall–Kier alpha value is -1.46. The maximum atomic E-state index is 5.91. The van der Waals surface area contributed by atoms with Gasteiger partial charge in [-0.05, 0) is 35.8 Å². The van der Waals surface area contributed by atoms with E-state index in [0.717, 1.165) is 36.2 Å². The van der Waals surface area contributed by atoms with Crippen LogP contribution < -0.4 is 15.5 Å². The second kappa shape index (κ2) is 5.27. The maximum absolute atomic E-state index is 5.91. The fraction of sp³-hybridized carbons (Fsp3) is 0.308. The largest absolute Gasteiger partial charge is 0.383 e. The van der Waals surface area contributed by atoms with Gasteiger partial charge in [0.1, 0.15) is 10.8 Å². The molecule has 0 radical (unpaired) electrons. The first kappa shape index (κ1) is 12.6. The minimum absolute atomic E-state index is 0.611. The Kier molecular flexibility index (Phi) is 3.48. The molecule has 1 aliphatic rings. The van der Waals surface area contributed by atoms with E-state index in [2.05, 4.69) is 26.3 Å². The summed E-state index contributed by atoms with van der Waals surface area (Å²) in [6.45, 7) is 3.98. The Bertz CT molecular complexity index is 546. The van der Waals surface area contributed by atoms with Crippen molar-refractivity contribution >= 4 is 39.6 Å². The highest BCUT2D eigenvalue weighted by Crippen LogP contribution is 2.26. The fourth-order valence-corrected chi connectivity index (χ4v) is 3.11. The van der Waals surface area contributed by atoms with Crippen LogP contribution in [0, 0.1) is 0 Å². The van der Waals surface area contributed by atoms with Crippen molar-refractivity contribution in [3.63, 3.8) is 0 Å². The molecule has 0 unspecified atom stereocenters. The van der Waals surface area contributed by atoms with Crippen molar-refractivity contribution in [1.82, 2.24) is 4.37 Å². The van der Waals surface area contributed by atoms with Gasteiger partial charge in [-0.3, -0.25) is 0 Å². The molecule has 19 heavy (non-hydrogen) atoms. The van der Waals surface area contributed by atoms with Gasteiger partial charge in [0.05, 0.1) is 0 Å². The van der Waals surface area contributed by atoms with Crippen molar-refractivity contribution in [3.05, 3.63) is 35.4 Å². The fourth-order valence-electron chi connectivity index (χ4n) is 2.26. The van der Waals surface area contributed by atoms with Crippen LogP contribution in [-0.4, -0.2) is 30.6 Å². The predicted octanol–water partition coefficient (Wildman–Crippen LogP) is 2.71. The summed E-state index contributed by atoms with van der Waals surface area (Å²) in [4.78, 5) is 4.71. The molecule has 4 nitrogen and oxygen atoms in total. The molecule has 1 saturated heterocycles. The lowest BCUT2D eigenvalue weighted by atomic mass is 10.2. The van der Waals surface area contributed by atoms with Gasteiger partial charge in [-0.1, -0.05) is 11.6 Å². The third-order valence-corrected chi connectivity index (χ3v) is 4.42. The smallest absolute Gasteiger partial charge is 0.139 e. The highest BCUT2D eigenvalue weighted by molar-refractivity contribution is 7.10. The number of nitrogens with zero attached hydrogens (tertiary/aromatic N) is 3. The highest BCUT2D eigenvalue weighted by atomic mass is 35.5. The Morgan fingerprint density at radius 1 is 1.05 bits per heavy atom. The lowest BCUT2D eigenvalue weighted by Gasteiger charge is -2.36. The van der Waals surface area contributed by atoms with Crippen molar-refractivity contribution in [1.29, 1.82) is 0 Å². The number of benzene rings is 1. The zero-order chi connectivity index (χ0) is 13.2. The third-order valence-electron chi connectivity index (χ3n) is 3.30. The summed E-state index contributed by atoms with van der Waals surface area (Å²) in [5.41, 5.74) is 6.90. The molecule has 3 rings (SSSR count). The van der Waals surface area contributed by atoms with Crippen molar-refractivity contribution in [3.8, 4) is 0 Å². The Balaban J connectivity index is 1.64. The lowest BCUT2D eigenvalue weighted by Crippen LogP contribution is -2.46. The molecule has 0 bridgehead atoms. The van der Waals surface area contributed by atoms with Crippen LogP contribution in [0.2, 0.25) is 5.02 Å². The summed E-state index contributed by atoms with van der Waals surface area (Å²) in [5.74, 6) is 0.611. The number of aromatic nitrogens is 1. The Labute approximate surface area is 121 Å². The standard InChI is InChI=1S/C13H15ClN4S/c14-10-1-3-11(4-2-10)17-5-7-18(8-6-17)13-9-12(15)16-19-13/h1-4,9H,5-8H2,(H2,15,16). The lowest BCUT2D eigenvalue weighted by molar-refractivity contribution is 0.657. The Morgan fingerprint density at radius 3 is 2.26 bits per heavy atom. The SMILES string of the molecule is Nc1cc(N2CCN(c3ccc(Cl)cc3)CC2)sn1. The molecule has 1 aromatic heterocycles. The number of hydrogen-bond acceptors (Lipinski definition) is 5. The van der Waals surface area contributed by atoms with E-state index < -0.39 is 0 Å². The molecular weight excluding hydrogens is 280 g/mol. The number of hydrogen-bond donors (Lipinski definition) is 1. The van der Waals surface area contributed by atoms with E-state index in [1.807, 2.05) is 18.2 Å². The van der Waals surface area contributed by atoms with Crippen LogP contribution in [-0.2, 0) is 0 Å². The molecule has 1 fully saturated rings. The summed E-state index contributed by atoms with van der Waals surface area (Å²) < 4.78 is 4.13. The van der Waals surface area contributed by atoms with Crippen LogP contribution >= 0.6 is 23.1 Å². The average Bonchev–Trinajstić information content (AvgIpc) is 2.87. The number of nitrogens with two attached hydrogens (primary N) is 1. The molecule has 0 atom stereocenters. The van der Waals surface area contributed by atoms with Crippen LogP contribution in [0.4, 0.5) is 16.5 Å². The Morgan fingerprint density at radius 2 is 1.68 bits per heavy atom. The molecule has 0 aliphatic carbocycles. The van der Waals surface area contributed by atoms with Gasteiger partial charge >= 0.3 is 0 Å². The van der Waals surface area contributed by atoms with Gasteiger partial charge in [0, 0.05) is 43.0 Å². The van der Waals surface area contributed by atoms with Crippen molar-refractivity contribution in [2.45, 2.75) is 0 Å². The number of rotatable bonds is 2. The molecule has 1 aromatic carbocycles. The summed E-state index contributed by atoms with van der Waals surface area (Å²) in [7, 11) is 0.